The van der Waals surface area contributed by atoms with Crippen molar-refractivity contribution in [3.05, 3.63) is 11.6 Å². The molecule has 6 rings (SSSR count). The van der Waals surface area contributed by atoms with Crippen molar-refractivity contribution in [1.29, 1.82) is 0 Å². The topological polar surface area (TPSA) is 78.9 Å². The van der Waals surface area contributed by atoms with Crippen LogP contribution in [0.4, 0.5) is 0 Å². The molecule has 6 nitrogen and oxygen atoms in total. The maximum atomic E-state index is 14.1. The van der Waals surface area contributed by atoms with Crippen molar-refractivity contribution in [3.8, 4) is 0 Å². The maximum absolute atomic E-state index is 14.1. The molecule has 2 aliphatic heterocycles. The molecule has 1 spiro atoms. The number of hydrogen-bond acceptors (Lipinski definition) is 6. The molecular formula is C29H40O6. The van der Waals surface area contributed by atoms with Crippen LogP contribution in [0.3, 0.4) is 0 Å². The minimum absolute atomic E-state index is 0.0299. The van der Waals surface area contributed by atoms with Gasteiger partial charge >= 0.3 is 5.97 Å². The average Bonchev–Trinajstić information content (AvgIpc) is 3.31. The quantitative estimate of drug-likeness (QED) is 0.398. The molecule has 0 amide bonds. The van der Waals surface area contributed by atoms with E-state index in [4.69, 9.17) is 14.2 Å². The van der Waals surface area contributed by atoms with E-state index >= 15 is 0 Å². The lowest BCUT2D eigenvalue weighted by Gasteiger charge is -2.57. The van der Waals surface area contributed by atoms with Gasteiger partial charge in [-0.2, -0.15) is 0 Å². The van der Waals surface area contributed by atoms with Gasteiger partial charge in [-0.1, -0.05) is 39.3 Å². The van der Waals surface area contributed by atoms with Gasteiger partial charge in [0.1, 0.15) is 11.9 Å². The summed E-state index contributed by atoms with van der Waals surface area (Å²) in [5.74, 6) is -0.0371. The summed E-state index contributed by atoms with van der Waals surface area (Å²) >= 11 is 0. The Labute approximate surface area is 208 Å². The van der Waals surface area contributed by atoms with E-state index in [0.717, 1.165) is 32.1 Å². The molecule has 0 aromatic carbocycles. The van der Waals surface area contributed by atoms with E-state index in [9.17, 15) is 14.4 Å². The third-order valence-electron chi connectivity index (χ3n) is 11.2. The van der Waals surface area contributed by atoms with Crippen LogP contribution < -0.4 is 0 Å². The summed E-state index contributed by atoms with van der Waals surface area (Å²) in [4.78, 5) is 39.2. The Kier molecular flexibility index (Phi) is 5.27. The average molecular weight is 485 g/mol. The van der Waals surface area contributed by atoms with E-state index in [1.807, 2.05) is 6.92 Å². The molecule has 6 heteroatoms. The van der Waals surface area contributed by atoms with Gasteiger partial charge in [-0.3, -0.25) is 14.4 Å². The lowest BCUT2D eigenvalue weighted by Crippen LogP contribution is -2.60. The molecule has 6 aliphatic rings. The first-order valence-corrected chi connectivity index (χ1v) is 13.8. The largest absolute Gasteiger partial charge is 0.462 e. The van der Waals surface area contributed by atoms with E-state index in [1.54, 1.807) is 0 Å². The van der Waals surface area contributed by atoms with Gasteiger partial charge < -0.3 is 14.2 Å². The minimum atomic E-state index is -1.10. The van der Waals surface area contributed by atoms with Crippen LogP contribution in [-0.2, 0) is 28.6 Å². The fourth-order valence-electron chi connectivity index (χ4n) is 9.60. The molecule has 3 saturated carbocycles. The number of hydrogen-bond donors (Lipinski definition) is 0. The van der Waals surface area contributed by atoms with Crippen molar-refractivity contribution in [2.24, 2.45) is 46.3 Å². The summed E-state index contributed by atoms with van der Waals surface area (Å²) in [6, 6.07) is 0. The van der Waals surface area contributed by atoms with Crippen molar-refractivity contribution in [3.63, 3.8) is 0 Å². The Bertz CT molecular complexity index is 1000. The number of Topliss-reactive ketones (excluding diaryl/α,β-unsaturated/α-hetero) is 2. The second-order valence-electron chi connectivity index (χ2n) is 13.1. The summed E-state index contributed by atoms with van der Waals surface area (Å²) in [6.45, 7) is 10.6. The zero-order chi connectivity index (χ0) is 24.9. The normalized spacial score (nSPS) is 52.9. The van der Waals surface area contributed by atoms with Crippen molar-refractivity contribution < 1.29 is 28.6 Å². The first-order chi connectivity index (χ1) is 16.5. The summed E-state index contributed by atoms with van der Waals surface area (Å²) in [7, 11) is 0. The first kappa shape index (κ1) is 23.8. The van der Waals surface area contributed by atoms with Crippen LogP contribution in [0.5, 0.6) is 0 Å². The smallest absolute Gasteiger partial charge is 0.302 e. The molecule has 35 heavy (non-hydrogen) atoms. The van der Waals surface area contributed by atoms with Gasteiger partial charge in [0, 0.05) is 43.4 Å². The fraction of sp³-hybridized carbons (Fsp3) is 0.828. The molecule has 2 saturated heterocycles. The van der Waals surface area contributed by atoms with Gasteiger partial charge in [-0.15, -0.1) is 0 Å². The van der Waals surface area contributed by atoms with Crippen LogP contribution >= 0.6 is 0 Å². The molecule has 0 N–H and O–H groups in total. The van der Waals surface area contributed by atoms with E-state index < -0.39 is 11.2 Å². The van der Waals surface area contributed by atoms with Crippen LogP contribution in [0.2, 0.25) is 0 Å². The van der Waals surface area contributed by atoms with Crippen molar-refractivity contribution in [2.45, 2.75) is 97.6 Å². The van der Waals surface area contributed by atoms with Crippen LogP contribution in [-0.4, -0.2) is 42.1 Å². The Hall–Kier alpha value is -1.53. The van der Waals surface area contributed by atoms with Gasteiger partial charge in [0.2, 0.25) is 5.79 Å². The van der Waals surface area contributed by atoms with Gasteiger partial charge in [0.05, 0.1) is 12.7 Å². The number of rotatable bonds is 1. The molecule has 2 heterocycles. The predicted octanol–water partition coefficient (Wildman–Crippen LogP) is 4.64. The van der Waals surface area contributed by atoms with Gasteiger partial charge in [-0.05, 0) is 54.8 Å². The molecule has 192 valence electrons. The van der Waals surface area contributed by atoms with Crippen molar-refractivity contribution >= 4 is 17.5 Å². The Balaban J connectivity index is 1.32. The highest BCUT2D eigenvalue weighted by atomic mass is 16.7. The highest BCUT2D eigenvalue weighted by molar-refractivity contribution is 5.92. The number of carbonyl (C=O) groups is 3. The van der Waals surface area contributed by atoms with Crippen molar-refractivity contribution in [1.82, 2.24) is 0 Å². The number of allylic oxidation sites excluding steroid dienone is 1. The molecule has 11 atom stereocenters. The van der Waals surface area contributed by atoms with Gasteiger partial charge in [0.25, 0.3) is 0 Å². The highest BCUT2D eigenvalue weighted by Gasteiger charge is 2.70. The van der Waals surface area contributed by atoms with E-state index in [-0.39, 0.29) is 47.1 Å². The summed E-state index contributed by atoms with van der Waals surface area (Å²) < 4.78 is 18.2. The maximum Gasteiger partial charge on any atom is 0.302 e. The van der Waals surface area contributed by atoms with Crippen LogP contribution in [0.15, 0.2) is 11.6 Å². The standard InChI is InChI=1S/C29H40O6/c1-15-13-29(33-14-15)26(32)16(2)25-23(35-29)11-22-20-7-6-18-10-19(34-17(3)30)8-9-27(18,4)21(20)12-24(31)28(22,25)5/h6,15-16,19-23,25H,7-14H2,1-5H3/t15-,16+,19+,20-,21+,22+,23+,25+,27+,28-,29-/m1/s1. The molecule has 4 aliphatic carbocycles. The number of ether oxygens (including phenoxy) is 3. The van der Waals surface area contributed by atoms with Crippen LogP contribution in [0.25, 0.3) is 0 Å². The summed E-state index contributed by atoms with van der Waals surface area (Å²) in [5, 5.41) is 0. The second kappa shape index (κ2) is 7.74. The molecule has 0 bridgehead atoms. The number of carbonyl (C=O) groups excluding carboxylic acids is 3. The molecule has 0 aromatic heterocycles. The number of ketones is 2. The Morgan fingerprint density at radius 2 is 1.91 bits per heavy atom. The predicted molar refractivity (Wildman–Crippen MR) is 128 cm³/mol. The third-order valence-corrected chi connectivity index (χ3v) is 11.2. The molecule has 5 fully saturated rings. The van der Waals surface area contributed by atoms with E-state index in [2.05, 4.69) is 26.8 Å². The number of esters is 1. The van der Waals surface area contributed by atoms with Crippen LogP contribution in [0.1, 0.15) is 79.6 Å². The second-order valence-corrected chi connectivity index (χ2v) is 13.1. The Morgan fingerprint density at radius 3 is 2.60 bits per heavy atom. The SMILES string of the molecule is CC(=O)O[C@H]1CC[C@@]2(C)C(=CC[C@H]3[C@@H]4C[C@@H]5O[C@]6(C[C@@H](C)CO6)C(=O)[C@@H](C)[C@@H]5[C@@]4(C)C(=O)C[C@@H]32)C1. The third kappa shape index (κ3) is 3.17. The fourth-order valence-corrected chi connectivity index (χ4v) is 9.60. The molecule has 0 unspecified atom stereocenters. The van der Waals surface area contributed by atoms with Gasteiger partial charge in [-0.25, -0.2) is 0 Å². The van der Waals surface area contributed by atoms with Crippen molar-refractivity contribution in [2.75, 3.05) is 6.61 Å². The molecular weight excluding hydrogens is 444 g/mol. The highest BCUT2D eigenvalue weighted by Crippen LogP contribution is 2.68. The van der Waals surface area contributed by atoms with Crippen LogP contribution in [0, 0.1) is 46.3 Å². The van der Waals surface area contributed by atoms with Gasteiger partial charge in [0.15, 0.2) is 5.78 Å². The van der Waals surface area contributed by atoms with E-state index in [0.29, 0.717) is 43.0 Å². The zero-order valence-electron chi connectivity index (χ0n) is 21.8. The lowest BCUT2D eigenvalue weighted by atomic mass is 9.46. The molecule has 0 radical (unpaired) electrons. The lowest BCUT2D eigenvalue weighted by molar-refractivity contribution is -0.258. The first-order valence-electron chi connectivity index (χ1n) is 13.8. The molecule has 0 aromatic rings. The Morgan fingerprint density at radius 1 is 1.14 bits per heavy atom. The van der Waals surface area contributed by atoms with E-state index in [1.165, 1.54) is 12.5 Å². The summed E-state index contributed by atoms with van der Waals surface area (Å²) in [5.41, 5.74) is 0.816. The zero-order valence-corrected chi connectivity index (χ0v) is 21.8. The summed E-state index contributed by atoms with van der Waals surface area (Å²) in [6.07, 6.45) is 7.81. The monoisotopic (exact) mass is 484 g/mol. The number of fused-ring (bicyclic) bond motifs is 7. The minimum Gasteiger partial charge on any atom is -0.462 e.